The van der Waals surface area contributed by atoms with E-state index in [0.29, 0.717) is 13.0 Å². The quantitative estimate of drug-likeness (QED) is 0.814. The topological polar surface area (TPSA) is 34.5 Å². The number of benzene rings is 1. The number of hydrogen-bond donors (Lipinski definition) is 0. The highest BCUT2D eigenvalue weighted by atomic mass is 16.5. The summed E-state index contributed by atoms with van der Waals surface area (Å²) in [6.07, 6.45) is 4.43. The Morgan fingerprint density at radius 3 is 2.43 bits per heavy atom. The fraction of sp³-hybridized carbons (Fsp3) is 0.353. The highest BCUT2D eigenvalue weighted by Gasteiger charge is 2.15. The van der Waals surface area contributed by atoms with Crippen LogP contribution in [0.15, 0.2) is 48.8 Å². The monoisotopic (exact) mass is 286 g/mol. The second kappa shape index (κ2) is 6.97. The van der Waals surface area contributed by atoms with Crippen molar-refractivity contribution in [2.24, 2.45) is 0 Å². The van der Waals surface area contributed by atoms with Crippen LogP contribution in [0.4, 0.5) is 5.69 Å². The van der Waals surface area contributed by atoms with E-state index in [1.165, 1.54) is 0 Å². The van der Waals surface area contributed by atoms with Crippen LogP contribution in [0.2, 0.25) is 0 Å². The Balaban J connectivity index is 1.98. The van der Waals surface area contributed by atoms with Crippen molar-refractivity contribution in [3.63, 3.8) is 0 Å². The van der Waals surface area contributed by atoms with Gasteiger partial charge in [0.2, 0.25) is 5.91 Å². The van der Waals surface area contributed by atoms with Gasteiger partial charge in [-0.05, 0) is 50.2 Å². The first-order chi connectivity index (χ1) is 10.1. The van der Waals surface area contributed by atoms with Crippen molar-refractivity contribution >= 4 is 11.6 Å². The number of nitrogens with zero attached hydrogens (tertiary/aromatic N) is 2. The predicted molar refractivity (Wildman–Crippen MR) is 84.8 cm³/mol. The van der Waals surface area contributed by atoms with E-state index >= 15 is 0 Å². The molecule has 2 rings (SSSR count). The average Bonchev–Trinajstić information content (AvgIpc) is 3.02. The van der Waals surface area contributed by atoms with E-state index in [2.05, 4.69) is 0 Å². The van der Waals surface area contributed by atoms with E-state index in [0.717, 1.165) is 11.4 Å². The van der Waals surface area contributed by atoms with Crippen molar-refractivity contribution in [2.45, 2.75) is 26.3 Å². The van der Waals surface area contributed by atoms with Crippen LogP contribution in [0.25, 0.3) is 0 Å². The van der Waals surface area contributed by atoms with Gasteiger partial charge in [-0.1, -0.05) is 0 Å². The molecule has 0 saturated heterocycles. The number of amides is 1. The van der Waals surface area contributed by atoms with Crippen molar-refractivity contribution in [1.82, 2.24) is 4.57 Å². The van der Waals surface area contributed by atoms with Gasteiger partial charge in [-0.15, -0.1) is 0 Å². The molecule has 1 atom stereocenters. The van der Waals surface area contributed by atoms with Gasteiger partial charge in [-0.3, -0.25) is 4.79 Å². The third-order valence-electron chi connectivity index (χ3n) is 3.52. The molecule has 0 aliphatic carbocycles. The van der Waals surface area contributed by atoms with Crippen LogP contribution >= 0.6 is 0 Å². The van der Waals surface area contributed by atoms with Crippen molar-refractivity contribution in [3.05, 3.63) is 48.8 Å². The fourth-order valence-electron chi connectivity index (χ4n) is 2.21. The van der Waals surface area contributed by atoms with E-state index < -0.39 is 0 Å². The van der Waals surface area contributed by atoms with E-state index in [1.54, 1.807) is 11.9 Å². The molecule has 0 spiro atoms. The normalized spacial score (nSPS) is 12.0. The molecule has 21 heavy (non-hydrogen) atoms. The molecule has 0 saturated carbocycles. The van der Waals surface area contributed by atoms with Gasteiger partial charge < -0.3 is 14.2 Å². The lowest BCUT2D eigenvalue weighted by atomic mass is 10.2. The Labute approximate surface area is 125 Å². The van der Waals surface area contributed by atoms with Crippen molar-refractivity contribution in [1.29, 1.82) is 0 Å². The van der Waals surface area contributed by atoms with Crippen LogP contribution in [-0.4, -0.2) is 24.1 Å². The smallest absolute Gasteiger partial charge is 0.228 e. The number of carbonyl (C=O) groups is 1. The molecule has 0 radical (unpaired) electrons. The molecule has 2 aromatic rings. The number of hydrogen-bond acceptors (Lipinski definition) is 2. The van der Waals surface area contributed by atoms with Crippen LogP contribution in [0.3, 0.4) is 0 Å². The number of carbonyl (C=O) groups excluding carboxylic acids is 1. The van der Waals surface area contributed by atoms with Gasteiger partial charge in [-0.25, -0.2) is 0 Å². The predicted octanol–water partition coefficient (Wildman–Crippen LogP) is 3.50. The maximum Gasteiger partial charge on any atom is 0.228 e. The van der Waals surface area contributed by atoms with Crippen molar-refractivity contribution in [3.8, 4) is 5.75 Å². The number of rotatable bonds is 6. The van der Waals surface area contributed by atoms with E-state index in [1.807, 2.05) is 67.2 Å². The third kappa shape index (κ3) is 3.88. The SMILES string of the molecule is CCOc1ccc(N(C)C(=O)CC(C)n2cccc2)cc1. The Morgan fingerprint density at radius 1 is 1.24 bits per heavy atom. The molecular weight excluding hydrogens is 264 g/mol. The highest BCUT2D eigenvalue weighted by molar-refractivity contribution is 5.93. The molecule has 0 aliphatic heterocycles. The Hall–Kier alpha value is -2.23. The first kappa shape index (κ1) is 15.2. The molecule has 1 aromatic heterocycles. The lowest BCUT2D eigenvalue weighted by molar-refractivity contribution is -0.119. The molecule has 0 N–H and O–H groups in total. The van der Waals surface area contributed by atoms with Crippen LogP contribution in [0, 0.1) is 0 Å². The van der Waals surface area contributed by atoms with E-state index in [-0.39, 0.29) is 11.9 Å². The molecule has 1 unspecified atom stereocenters. The van der Waals surface area contributed by atoms with Gasteiger partial charge in [-0.2, -0.15) is 0 Å². The van der Waals surface area contributed by atoms with Crippen LogP contribution in [0.1, 0.15) is 26.3 Å². The fourth-order valence-corrected chi connectivity index (χ4v) is 2.21. The lowest BCUT2D eigenvalue weighted by Crippen LogP contribution is -2.28. The third-order valence-corrected chi connectivity index (χ3v) is 3.52. The summed E-state index contributed by atoms with van der Waals surface area (Å²) in [4.78, 5) is 14.0. The first-order valence-corrected chi connectivity index (χ1v) is 7.23. The van der Waals surface area contributed by atoms with Gasteiger partial charge in [0, 0.05) is 37.6 Å². The van der Waals surface area contributed by atoms with E-state index in [4.69, 9.17) is 4.74 Å². The largest absolute Gasteiger partial charge is 0.494 e. The molecular formula is C17H22N2O2. The summed E-state index contributed by atoms with van der Waals surface area (Å²) < 4.78 is 7.45. The molecule has 1 amide bonds. The van der Waals surface area contributed by atoms with Crippen molar-refractivity contribution in [2.75, 3.05) is 18.6 Å². The molecule has 1 aromatic carbocycles. The minimum Gasteiger partial charge on any atom is -0.494 e. The zero-order valence-electron chi connectivity index (χ0n) is 12.8. The maximum atomic E-state index is 12.3. The molecule has 112 valence electrons. The average molecular weight is 286 g/mol. The summed E-state index contributed by atoms with van der Waals surface area (Å²) >= 11 is 0. The molecule has 4 nitrogen and oxygen atoms in total. The Bertz CT molecular complexity index is 561. The molecule has 4 heteroatoms. The first-order valence-electron chi connectivity index (χ1n) is 7.23. The van der Waals surface area contributed by atoms with Gasteiger partial charge in [0.1, 0.15) is 5.75 Å². The standard InChI is InChI=1S/C17H22N2O2/c1-4-21-16-9-7-15(8-10-16)18(3)17(20)13-14(2)19-11-5-6-12-19/h5-12,14H,4,13H2,1-3H3. The zero-order valence-corrected chi connectivity index (χ0v) is 12.8. The zero-order chi connectivity index (χ0) is 15.2. The van der Waals surface area contributed by atoms with E-state index in [9.17, 15) is 4.79 Å². The summed E-state index contributed by atoms with van der Waals surface area (Å²) in [5, 5.41) is 0. The maximum absolute atomic E-state index is 12.3. The number of aromatic nitrogens is 1. The summed E-state index contributed by atoms with van der Waals surface area (Å²) in [6.45, 7) is 4.64. The summed E-state index contributed by atoms with van der Waals surface area (Å²) in [5.74, 6) is 0.920. The molecule has 1 heterocycles. The molecule has 0 bridgehead atoms. The van der Waals surface area contributed by atoms with Crippen LogP contribution in [0.5, 0.6) is 5.75 Å². The highest BCUT2D eigenvalue weighted by Crippen LogP contribution is 2.21. The lowest BCUT2D eigenvalue weighted by Gasteiger charge is -2.21. The van der Waals surface area contributed by atoms with Gasteiger partial charge in [0.05, 0.1) is 6.61 Å². The van der Waals surface area contributed by atoms with Gasteiger partial charge in [0.15, 0.2) is 0 Å². The minimum absolute atomic E-state index is 0.0976. The summed E-state index contributed by atoms with van der Waals surface area (Å²) in [6, 6.07) is 11.7. The minimum atomic E-state index is 0.0976. The molecule has 0 aliphatic rings. The van der Waals surface area contributed by atoms with Crippen molar-refractivity contribution < 1.29 is 9.53 Å². The molecule has 0 fully saturated rings. The second-order valence-electron chi connectivity index (χ2n) is 5.06. The summed E-state index contributed by atoms with van der Waals surface area (Å²) in [5.41, 5.74) is 0.878. The number of ether oxygens (including phenoxy) is 1. The second-order valence-corrected chi connectivity index (χ2v) is 5.06. The van der Waals surface area contributed by atoms with Crippen LogP contribution < -0.4 is 9.64 Å². The summed E-state index contributed by atoms with van der Waals surface area (Å²) in [7, 11) is 1.81. The van der Waals surface area contributed by atoms with Crippen LogP contribution in [-0.2, 0) is 4.79 Å². The Morgan fingerprint density at radius 2 is 1.86 bits per heavy atom. The Kier molecular flexibility index (Phi) is 5.04. The van der Waals surface area contributed by atoms with Gasteiger partial charge in [0.25, 0.3) is 0 Å². The van der Waals surface area contributed by atoms with Gasteiger partial charge >= 0.3 is 0 Å². The number of anilines is 1.